The largest absolute Gasteiger partial charge is 0.497 e. The Kier molecular flexibility index (Phi) is 9.07. The van der Waals surface area contributed by atoms with E-state index < -0.39 is 43.3 Å². The van der Waals surface area contributed by atoms with Crippen molar-refractivity contribution < 1.29 is 41.4 Å². The molecule has 2 atom stereocenters. The summed E-state index contributed by atoms with van der Waals surface area (Å²) in [4.78, 5) is 44.4. The lowest BCUT2D eigenvalue weighted by atomic mass is 9.96. The number of benzene rings is 3. The van der Waals surface area contributed by atoms with Gasteiger partial charge in [-0.2, -0.15) is 13.2 Å². The summed E-state index contributed by atoms with van der Waals surface area (Å²) in [6, 6.07) is 18.5. The highest BCUT2D eigenvalue weighted by atomic mass is 19.4. The Hall–Kier alpha value is -4.61. The van der Waals surface area contributed by atoms with E-state index >= 15 is 0 Å². The molecule has 0 bridgehead atoms. The lowest BCUT2D eigenvalue weighted by Gasteiger charge is -2.51. The molecular formula is C32H31F4N3O5. The molecule has 0 aliphatic carbocycles. The molecule has 3 aromatic rings. The van der Waals surface area contributed by atoms with Crippen LogP contribution >= 0.6 is 0 Å². The van der Waals surface area contributed by atoms with Crippen LogP contribution in [0.2, 0.25) is 0 Å². The first-order valence-electron chi connectivity index (χ1n) is 14.0. The van der Waals surface area contributed by atoms with Gasteiger partial charge in [-0.15, -0.1) is 0 Å². The summed E-state index contributed by atoms with van der Waals surface area (Å²) in [6.07, 6.45) is -6.18. The van der Waals surface area contributed by atoms with E-state index in [4.69, 9.17) is 9.47 Å². The number of halogens is 4. The Balaban J connectivity index is 1.41. The Labute approximate surface area is 251 Å². The van der Waals surface area contributed by atoms with Gasteiger partial charge in [-0.05, 0) is 59.0 Å². The molecule has 8 nitrogen and oxygen atoms in total. The third kappa shape index (κ3) is 6.95. The van der Waals surface area contributed by atoms with Gasteiger partial charge >= 0.3 is 12.3 Å². The molecule has 2 aliphatic heterocycles. The second-order valence-electron chi connectivity index (χ2n) is 10.8. The van der Waals surface area contributed by atoms with Crippen LogP contribution in [0, 0.1) is 0 Å². The molecule has 232 valence electrons. The molecule has 0 N–H and O–H groups in total. The van der Waals surface area contributed by atoms with E-state index in [1.165, 1.54) is 15.9 Å². The second kappa shape index (κ2) is 12.9. The molecule has 2 saturated heterocycles. The normalized spacial score (nSPS) is 18.7. The van der Waals surface area contributed by atoms with Gasteiger partial charge in [-0.3, -0.25) is 14.5 Å². The number of carbonyl (C=O) groups is 3. The van der Waals surface area contributed by atoms with Crippen molar-refractivity contribution in [2.24, 2.45) is 0 Å². The zero-order valence-corrected chi connectivity index (χ0v) is 23.9. The number of piperazine rings is 1. The third-order valence-electron chi connectivity index (χ3n) is 7.80. The van der Waals surface area contributed by atoms with Gasteiger partial charge in [0, 0.05) is 19.0 Å². The number of methoxy groups -OCH3 is 1. The molecule has 2 aliphatic rings. The van der Waals surface area contributed by atoms with Crippen molar-refractivity contribution in [2.75, 3.05) is 20.2 Å². The Morgan fingerprint density at radius 2 is 1.61 bits per heavy atom. The fourth-order valence-electron chi connectivity index (χ4n) is 5.64. The number of carbonyl (C=O) groups excluding carboxylic acids is 3. The zero-order chi connectivity index (χ0) is 31.4. The molecule has 3 aromatic carbocycles. The first kappa shape index (κ1) is 30.8. The van der Waals surface area contributed by atoms with Crippen molar-refractivity contribution in [3.63, 3.8) is 0 Å². The minimum absolute atomic E-state index is 0.00650. The van der Waals surface area contributed by atoms with E-state index in [0.717, 1.165) is 17.2 Å². The van der Waals surface area contributed by atoms with E-state index in [9.17, 15) is 31.9 Å². The van der Waals surface area contributed by atoms with Crippen LogP contribution < -0.4 is 4.74 Å². The summed E-state index contributed by atoms with van der Waals surface area (Å²) in [5.41, 5.74) is 0.421. The molecule has 3 amide bonds. The molecule has 2 unspecified atom stereocenters. The van der Waals surface area contributed by atoms with Gasteiger partial charge < -0.3 is 19.3 Å². The van der Waals surface area contributed by atoms with Gasteiger partial charge in [0.05, 0.1) is 19.2 Å². The molecule has 0 spiro atoms. The predicted octanol–water partition coefficient (Wildman–Crippen LogP) is 5.33. The Morgan fingerprint density at radius 3 is 2.27 bits per heavy atom. The number of ether oxygens (including phenoxy) is 2. The number of fused-ring (bicyclic) bond motifs is 1. The Morgan fingerprint density at radius 1 is 0.909 bits per heavy atom. The SMILES string of the molecule is COc1ccc(CN2CC3N(CC2=O)C(=O)CC(Cc2ccccc2)N3C(=O)OCc2cc(CF)cc(C(F)(F)F)c2)cc1. The maximum atomic E-state index is 13.7. The van der Waals surface area contributed by atoms with E-state index in [2.05, 4.69) is 0 Å². The molecule has 44 heavy (non-hydrogen) atoms. The smallest absolute Gasteiger partial charge is 0.416 e. The van der Waals surface area contributed by atoms with Gasteiger partial charge in [0.1, 0.15) is 31.7 Å². The highest BCUT2D eigenvalue weighted by Crippen LogP contribution is 2.32. The predicted molar refractivity (Wildman–Crippen MR) is 151 cm³/mol. The summed E-state index contributed by atoms with van der Waals surface area (Å²) in [5, 5.41) is 0. The quantitative estimate of drug-likeness (QED) is 0.321. The van der Waals surface area contributed by atoms with Crippen molar-refractivity contribution >= 4 is 17.9 Å². The fraction of sp³-hybridized carbons (Fsp3) is 0.344. The summed E-state index contributed by atoms with van der Waals surface area (Å²) in [5.74, 6) is 0.0747. The van der Waals surface area contributed by atoms with Crippen molar-refractivity contribution in [2.45, 2.75) is 51.1 Å². The number of hydrogen-bond donors (Lipinski definition) is 0. The lowest BCUT2D eigenvalue weighted by Crippen LogP contribution is -2.70. The topological polar surface area (TPSA) is 79.4 Å². The van der Waals surface area contributed by atoms with Gasteiger partial charge in [-0.25, -0.2) is 9.18 Å². The molecule has 0 saturated carbocycles. The van der Waals surface area contributed by atoms with Crippen LogP contribution in [0.1, 0.15) is 34.2 Å². The first-order chi connectivity index (χ1) is 21.0. The number of hydrogen-bond acceptors (Lipinski definition) is 5. The average molecular weight is 614 g/mol. The maximum absolute atomic E-state index is 13.7. The van der Waals surface area contributed by atoms with E-state index in [1.54, 1.807) is 24.1 Å². The molecule has 2 heterocycles. The van der Waals surface area contributed by atoms with Crippen LogP contribution in [0.25, 0.3) is 0 Å². The second-order valence-corrected chi connectivity index (χ2v) is 10.8. The minimum atomic E-state index is -4.71. The standard InChI is InChI=1S/C32H31F4N3O5/c1-43-27-9-7-22(8-10-27)17-37-18-28-38(19-30(37)41)29(40)15-26(14-21-5-3-2-4-6-21)39(28)31(42)44-20-24-11-23(16-33)12-25(13-24)32(34,35)36/h2-13,26,28H,14-20H2,1H3. The summed E-state index contributed by atoms with van der Waals surface area (Å²) < 4.78 is 64.3. The lowest BCUT2D eigenvalue weighted by molar-refractivity contribution is -0.164. The molecule has 12 heteroatoms. The maximum Gasteiger partial charge on any atom is 0.416 e. The van der Waals surface area contributed by atoms with Gasteiger partial charge in [0.25, 0.3) is 0 Å². The van der Waals surface area contributed by atoms with Gasteiger partial charge in [0.15, 0.2) is 0 Å². The van der Waals surface area contributed by atoms with Gasteiger partial charge in [-0.1, -0.05) is 42.5 Å². The highest BCUT2D eigenvalue weighted by molar-refractivity contribution is 5.88. The monoisotopic (exact) mass is 613 g/mol. The third-order valence-corrected chi connectivity index (χ3v) is 7.80. The minimum Gasteiger partial charge on any atom is -0.497 e. The summed E-state index contributed by atoms with van der Waals surface area (Å²) in [7, 11) is 1.55. The van der Waals surface area contributed by atoms with E-state index in [1.807, 2.05) is 42.5 Å². The van der Waals surface area contributed by atoms with Crippen LogP contribution in [0.4, 0.5) is 22.4 Å². The van der Waals surface area contributed by atoms with Crippen molar-refractivity contribution in [1.29, 1.82) is 0 Å². The summed E-state index contributed by atoms with van der Waals surface area (Å²) >= 11 is 0. The van der Waals surface area contributed by atoms with Crippen molar-refractivity contribution in [3.05, 3.63) is 101 Å². The molecule has 2 fully saturated rings. The van der Waals surface area contributed by atoms with Crippen LogP contribution in [0.5, 0.6) is 5.75 Å². The van der Waals surface area contributed by atoms with Crippen LogP contribution in [-0.4, -0.2) is 65.0 Å². The van der Waals surface area contributed by atoms with Crippen molar-refractivity contribution in [1.82, 2.24) is 14.7 Å². The summed E-state index contributed by atoms with van der Waals surface area (Å²) in [6.45, 7) is -1.67. The molecule has 0 radical (unpaired) electrons. The number of nitrogens with zero attached hydrogens (tertiary/aromatic N) is 3. The highest BCUT2D eigenvalue weighted by Gasteiger charge is 2.48. The fourth-order valence-corrected chi connectivity index (χ4v) is 5.64. The number of alkyl halides is 4. The Bertz CT molecular complexity index is 1500. The number of amides is 3. The number of rotatable bonds is 8. The van der Waals surface area contributed by atoms with Crippen LogP contribution in [0.3, 0.4) is 0 Å². The van der Waals surface area contributed by atoms with Crippen LogP contribution in [0.15, 0.2) is 72.8 Å². The molecular weight excluding hydrogens is 582 g/mol. The van der Waals surface area contributed by atoms with Crippen molar-refractivity contribution in [3.8, 4) is 5.75 Å². The van der Waals surface area contributed by atoms with E-state index in [-0.39, 0.29) is 49.0 Å². The van der Waals surface area contributed by atoms with Gasteiger partial charge in [0.2, 0.25) is 11.8 Å². The van der Waals surface area contributed by atoms with Crippen LogP contribution in [-0.2, 0) is 46.7 Å². The average Bonchev–Trinajstić information content (AvgIpc) is 3.01. The first-order valence-corrected chi connectivity index (χ1v) is 14.0. The molecule has 0 aromatic heterocycles. The van der Waals surface area contributed by atoms with E-state index in [0.29, 0.717) is 18.2 Å². The molecule has 5 rings (SSSR count). The zero-order valence-electron chi connectivity index (χ0n) is 23.9.